The summed E-state index contributed by atoms with van der Waals surface area (Å²) in [5.74, 6) is 1.72. The number of halogens is 1. The van der Waals surface area contributed by atoms with Crippen molar-refractivity contribution in [2.75, 3.05) is 32.0 Å². The smallest absolute Gasteiger partial charge is 0.221 e. The first-order valence-electron chi connectivity index (χ1n) is 14.3. The number of fused-ring (bicyclic) bond motifs is 2. The van der Waals surface area contributed by atoms with Crippen molar-refractivity contribution in [3.05, 3.63) is 65.0 Å². The van der Waals surface area contributed by atoms with Crippen molar-refractivity contribution in [1.29, 1.82) is 0 Å². The Morgan fingerprint density at radius 2 is 2.07 bits per heavy atom. The van der Waals surface area contributed by atoms with Crippen LogP contribution in [0, 0.1) is 18.2 Å². The van der Waals surface area contributed by atoms with Crippen molar-refractivity contribution >= 4 is 15.9 Å². The highest BCUT2D eigenvalue weighted by atomic mass is 32.2. The van der Waals surface area contributed by atoms with Gasteiger partial charge in [-0.15, -0.1) is 6.42 Å². The molecule has 1 saturated carbocycles. The number of sulfonamides is 1. The summed E-state index contributed by atoms with van der Waals surface area (Å²) >= 11 is 0. The Kier molecular flexibility index (Phi) is 10.4. The van der Waals surface area contributed by atoms with Gasteiger partial charge in [0.2, 0.25) is 15.9 Å². The first-order chi connectivity index (χ1) is 19.6. The minimum atomic E-state index is -3.64. The van der Waals surface area contributed by atoms with Crippen molar-refractivity contribution in [3.63, 3.8) is 0 Å². The summed E-state index contributed by atoms with van der Waals surface area (Å²) in [6.45, 7) is 3.08. The van der Waals surface area contributed by atoms with E-state index in [1.165, 1.54) is 16.4 Å². The van der Waals surface area contributed by atoms with Gasteiger partial charge in [-0.25, -0.2) is 17.1 Å². The van der Waals surface area contributed by atoms with E-state index in [0.717, 1.165) is 24.0 Å². The number of carbonyl (C=O) groups excluding carboxylic acids is 1. The van der Waals surface area contributed by atoms with E-state index in [9.17, 15) is 22.7 Å². The normalized spacial score (nSPS) is 22.1. The summed E-state index contributed by atoms with van der Waals surface area (Å²) in [6.07, 6.45) is 8.03. The van der Waals surface area contributed by atoms with Crippen LogP contribution in [0.4, 0.5) is 4.39 Å². The molecule has 1 aliphatic carbocycles. The zero-order chi connectivity index (χ0) is 29.5. The Balaban J connectivity index is 1.53. The summed E-state index contributed by atoms with van der Waals surface area (Å²) in [6, 6.07) is 11.3. The third kappa shape index (κ3) is 8.52. The van der Waals surface area contributed by atoms with E-state index < -0.39 is 33.9 Å². The average molecular weight is 586 g/mol. The fourth-order valence-electron chi connectivity index (χ4n) is 5.25. The largest absolute Gasteiger partial charge is 0.493 e. The van der Waals surface area contributed by atoms with Gasteiger partial charge in [0.1, 0.15) is 11.6 Å². The van der Waals surface area contributed by atoms with Crippen LogP contribution in [-0.2, 0) is 26.8 Å². The van der Waals surface area contributed by atoms with Gasteiger partial charge in [-0.2, -0.15) is 0 Å². The van der Waals surface area contributed by atoms with Crippen LogP contribution in [0.3, 0.4) is 0 Å². The molecule has 2 aromatic rings. The number of rotatable bonds is 7. The number of terminal acetylenes is 1. The van der Waals surface area contributed by atoms with Gasteiger partial charge in [0, 0.05) is 43.2 Å². The molecule has 3 N–H and O–H groups in total. The predicted molar refractivity (Wildman–Crippen MR) is 156 cm³/mol. The highest BCUT2D eigenvalue weighted by molar-refractivity contribution is 7.89. The molecule has 2 aromatic carbocycles. The number of aliphatic hydroxyl groups excluding tert-OH is 1. The molecule has 0 spiro atoms. The molecule has 2 unspecified atom stereocenters. The number of carbonyl (C=O) groups is 1. The van der Waals surface area contributed by atoms with Gasteiger partial charge in [0.05, 0.1) is 24.5 Å². The van der Waals surface area contributed by atoms with Crippen LogP contribution in [0.5, 0.6) is 5.75 Å². The van der Waals surface area contributed by atoms with E-state index in [-0.39, 0.29) is 30.7 Å². The van der Waals surface area contributed by atoms with Crippen molar-refractivity contribution in [3.8, 4) is 18.1 Å². The molecule has 0 radical (unpaired) electrons. The standard InChI is InChI=1S/C31H40FN3O5S/c1-3-13-35-14-5-6-15-40-27-19-24(18-26(32)21-27)20-28(34-30(37)10-16-41(35,38)39)29(36)22-33-31(11-12-31)25-9-7-8-23(4-2)17-25/h2,7-9,17-19,21,28-29,33,36H,3,5-6,10-16,20,22H2,1H3,(H,34,37). The highest BCUT2D eigenvalue weighted by Crippen LogP contribution is 2.45. The van der Waals surface area contributed by atoms with Crippen LogP contribution in [0.15, 0.2) is 42.5 Å². The number of nitrogens with one attached hydrogen (secondary N) is 2. The maximum atomic E-state index is 14.5. The summed E-state index contributed by atoms with van der Waals surface area (Å²) in [5, 5.41) is 17.5. The van der Waals surface area contributed by atoms with Crippen LogP contribution in [0.1, 0.15) is 62.1 Å². The molecule has 8 nitrogen and oxygen atoms in total. The van der Waals surface area contributed by atoms with Crippen molar-refractivity contribution in [1.82, 2.24) is 14.9 Å². The molecule has 41 heavy (non-hydrogen) atoms. The van der Waals surface area contributed by atoms with Crippen molar-refractivity contribution in [2.24, 2.45) is 0 Å². The lowest BCUT2D eigenvalue weighted by Crippen LogP contribution is -2.50. The molecule has 0 aromatic heterocycles. The lowest BCUT2D eigenvalue weighted by Gasteiger charge is -2.28. The lowest BCUT2D eigenvalue weighted by molar-refractivity contribution is -0.122. The summed E-state index contributed by atoms with van der Waals surface area (Å²) < 4.78 is 47.7. The Morgan fingerprint density at radius 3 is 2.80 bits per heavy atom. The molecular weight excluding hydrogens is 545 g/mol. The third-order valence-corrected chi connectivity index (χ3v) is 9.57. The highest BCUT2D eigenvalue weighted by Gasteiger charge is 2.44. The van der Waals surface area contributed by atoms with E-state index in [2.05, 4.69) is 16.6 Å². The summed E-state index contributed by atoms with van der Waals surface area (Å²) in [4.78, 5) is 13.0. The maximum absolute atomic E-state index is 14.5. The zero-order valence-corrected chi connectivity index (χ0v) is 24.4. The molecule has 1 heterocycles. The Morgan fingerprint density at radius 1 is 1.27 bits per heavy atom. The van der Waals surface area contributed by atoms with Crippen LogP contribution in [0.25, 0.3) is 0 Å². The first-order valence-corrected chi connectivity index (χ1v) is 15.9. The molecular formula is C31H40FN3O5S. The molecule has 1 amide bonds. The van der Waals surface area contributed by atoms with Crippen LogP contribution >= 0.6 is 0 Å². The summed E-state index contributed by atoms with van der Waals surface area (Å²) in [5.41, 5.74) is 2.06. The molecule has 1 fully saturated rings. The minimum Gasteiger partial charge on any atom is -0.493 e. The van der Waals surface area contributed by atoms with E-state index >= 15 is 0 Å². The third-order valence-electron chi connectivity index (χ3n) is 7.70. The van der Waals surface area contributed by atoms with Gasteiger partial charge in [-0.3, -0.25) is 4.79 Å². The SMILES string of the molecule is C#Cc1cccc(C2(NCC(O)C3Cc4cc(F)cc(c4)OCCCCN(CCC)S(=O)(=O)CCC(=O)N3)CC2)c1. The number of amides is 1. The number of ether oxygens (including phenoxy) is 1. The number of nitrogens with zero attached hydrogens (tertiary/aromatic N) is 1. The van der Waals surface area contributed by atoms with E-state index in [1.54, 1.807) is 6.07 Å². The molecule has 2 aliphatic rings. The molecule has 2 bridgehead atoms. The lowest BCUT2D eigenvalue weighted by atomic mass is 9.98. The van der Waals surface area contributed by atoms with Gasteiger partial charge >= 0.3 is 0 Å². The number of hydrogen-bond donors (Lipinski definition) is 3. The van der Waals surface area contributed by atoms with Crippen molar-refractivity contribution in [2.45, 2.75) is 69.6 Å². The fourth-order valence-corrected chi connectivity index (χ4v) is 6.82. The molecule has 10 heteroatoms. The average Bonchev–Trinajstić information content (AvgIpc) is 3.74. The molecule has 2 atom stereocenters. The predicted octanol–water partition coefficient (Wildman–Crippen LogP) is 3.08. The topological polar surface area (TPSA) is 108 Å². The van der Waals surface area contributed by atoms with Crippen LogP contribution in [0.2, 0.25) is 0 Å². The second-order valence-electron chi connectivity index (χ2n) is 10.9. The minimum absolute atomic E-state index is 0.136. The van der Waals surface area contributed by atoms with E-state index in [1.807, 2.05) is 31.2 Å². The van der Waals surface area contributed by atoms with Crippen LogP contribution < -0.4 is 15.4 Å². The molecule has 222 valence electrons. The van der Waals surface area contributed by atoms with Gasteiger partial charge in [-0.1, -0.05) is 25.0 Å². The molecule has 0 saturated heterocycles. The Hall–Kier alpha value is -2.97. The van der Waals surface area contributed by atoms with Crippen molar-refractivity contribution < 1.29 is 27.4 Å². The Labute approximate surface area is 242 Å². The second kappa shape index (κ2) is 13.8. The number of benzene rings is 2. The number of hydrogen-bond acceptors (Lipinski definition) is 6. The van der Waals surface area contributed by atoms with E-state index in [4.69, 9.17) is 11.2 Å². The first kappa shape index (κ1) is 31.0. The van der Waals surface area contributed by atoms with Gasteiger partial charge in [0.25, 0.3) is 0 Å². The van der Waals surface area contributed by atoms with Gasteiger partial charge in [-0.05, 0) is 73.9 Å². The summed E-state index contributed by atoms with van der Waals surface area (Å²) in [7, 11) is -3.64. The van der Waals surface area contributed by atoms with E-state index in [0.29, 0.717) is 50.3 Å². The number of aliphatic hydroxyl groups is 1. The Bertz CT molecular complexity index is 1360. The van der Waals surface area contributed by atoms with Crippen LogP contribution in [-0.4, -0.2) is 67.9 Å². The van der Waals surface area contributed by atoms with Gasteiger partial charge < -0.3 is 20.5 Å². The maximum Gasteiger partial charge on any atom is 0.221 e. The zero-order valence-electron chi connectivity index (χ0n) is 23.6. The quantitative estimate of drug-likeness (QED) is 0.431. The molecule has 1 aliphatic heterocycles. The van der Waals surface area contributed by atoms with Gasteiger partial charge in [0.15, 0.2) is 0 Å². The second-order valence-corrected chi connectivity index (χ2v) is 13.0. The fraction of sp³-hybridized carbons (Fsp3) is 0.516. The molecule has 4 rings (SSSR count). The monoisotopic (exact) mass is 585 g/mol.